The molecule has 1 aromatic carbocycles. The molecule has 0 bridgehead atoms. The number of nitrogens with zero attached hydrogens (tertiary/aromatic N) is 3. The lowest BCUT2D eigenvalue weighted by Crippen LogP contribution is -2.15. The van der Waals surface area contributed by atoms with E-state index < -0.39 is 29.2 Å². The number of hydrogen-bond donors (Lipinski definition) is 1. The van der Waals surface area contributed by atoms with E-state index in [2.05, 4.69) is 15.5 Å². The van der Waals surface area contributed by atoms with Crippen LogP contribution in [-0.2, 0) is 17.4 Å². The number of carbonyl (C=O) groups excluding carboxylic acids is 1. The predicted octanol–water partition coefficient (Wildman–Crippen LogP) is 1.92. The molecule has 0 saturated heterocycles. The van der Waals surface area contributed by atoms with Gasteiger partial charge in [-0.2, -0.15) is 28.2 Å². The summed E-state index contributed by atoms with van der Waals surface area (Å²) in [5, 5.41) is 9.47. The second-order valence-corrected chi connectivity index (χ2v) is 4.15. The number of nitrogens with one attached hydrogen (secondary N) is 1. The SMILES string of the molecule is O=C1Cc2c(c(F)cc(C(F)(F)F)c2-n2nccn2)N1. The maximum absolute atomic E-state index is 13.7. The first-order chi connectivity index (χ1) is 9.38. The van der Waals surface area contributed by atoms with Gasteiger partial charge in [0.15, 0.2) is 0 Å². The second kappa shape index (κ2) is 4.02. The van der Waals surface area contributed by atoms with Crippen molar-refractivity contribution in [2.24, 2.45) is 0 Å². The Morgan fingerprint density at radius 1 is 1.25 bits per heavy atom. The van der Waals surface area contributed by atoms with E-state index in [0.29, 0.717) is 6.07 Å². The molecule has 0 spiro atoms. The Hall–Kier alpha value is -2.45. The summed E-state index contributed by atoms with van der Waals surface area (Å²) in [6.45, 7) is 0. The minimum absolute atomic E-state index is 0.0986. The van der Waals surface area contributed by atoms with E-state index in [1.807, 2.05) is 0 Å². The second-order valence-electron chi connectivity index (χ2n) is 4.15. The summed E-state index contributed by atoms with van der Waals surface area (Å²) < 4.78 is 52.8. The molecule has 0 saturated carbocycles. The largest absolute Gasteiger partial charge is 0.418 e. The van der Waals surface area contributed by atoms with Crippen molar-refractivity contribution >= 4 is 11.6 Å². The van der Waals surface area contributed by atoms with Gasteiger partial charge in [0, 0.05) is 5.56 Å². The smallest absolute Gasteiger partial charge is 0.323 e. The molecule has 1 amide bonds. The monoisotopic (exact) mass is 286 g/mol. The van der Waals surface area contributed by atoms with Crippen molar-refractivity contribution in [3.8, 4) is 5.69 Å². The number of anilines is 1. The lowest BCUT2D eigenvalue weighted by Gasteiger charge is -2.15. The van der Waals surface area contributed by atoms with Crippen molar-refractivity contribution < 1.29 is 22.4 Å². The zero-order valence-corrected chi connectivity index (χ0v) is 9.70. The lowest BCUT2D eigenvalue weighted by atomic mass is 10.0. The third kappa shape index (κ3) is 1.82. The molecule has 5 nitrogen and oxygen atoms in total. The van der Waals surface area contributed by atoms with Crippen LogP contribution in [0.1, 0.15) is 11.1 Å². The number of benzene rings is 1. The van der Waals surface area contributed by atoms with Gasteiger partial charge in [-0.05, 0) is 6.07 Å². The van der Waals surface area contributed by atoms with Crippen LogP contribution in [0.15, 0.2) is 18.5 Å². The number of aromatic nitrogens is 3. The molecule has 20 heavy (non-hydrogen) atoms. The zero-order valence-electron chi connectivity index (χ0n) is 9.70. The van der Waals surface area contributed by atoms with E-state index in [-0.39, 0.29) is 17.7 Å². The van der Waals surface area contributed by atoms with Crippen LogP contribution >= 0.6 is 0 Å². The van der Waals surface area contributed by atoms with Crippen LogP contribution in [0, 0.1) is 5.82 Å². The molecule has 0 radical (unpaired) electrons. The van der Waals surface area contributed by atoms with Crippen molar-refractivity contribution in [3.05, 3.63) is 35.4 Å². The van der Waals surface area contributed by atoms with Crippen molar-refractivity contribution in [3.63, 3.8) is 0 Å². The fraction of sp³-hybridized carbons (Fsp3) is 0.182. The highest BCUT2D eigenvalue weighted by Gasteiger charge is 2.39. The molecule has 9 heteroatoms. The molecule has 1 aliphatic rings. The van der Waals surface area contributed by atoms with Crippen LogP contribution in [0.4, 0.5) is 23.2 Å². The maximum atomic E-state index is 13.7. The highest BCUT2D eigenvalue weighted by molar-refractivity contribution is 6.00. The van der Waals surface area contributed by atoms with Gasteiger partial charge in [0.05, 0.1) is 30.1 Å². The summed E-state index contributed by atoms with van der Waals surface area (Å²) in [6, 6.07) is 0.336. The predicted molar refractivity (Wildman–Crippen MR) is 58.7 cm³/mol. The maximum Gasteiger partial charge on any atom is 0.418 e. The minimum Gasteiger partial charge on any atom is -0.323 e. The molecule has 3 rings (SSSR count). The standard InChI is InChI=1S/C11H6F4N4O/c12-7-4-6(11(13,14)15)10(19-16-1-2-17-19)5-3-8(20)18-9(5)7/h1-2,4H,3H2,(H,18,20). The normalized spacial score (nSPS) is 14.3. The summed E-state index contributed by atoms with van der Waals surface area (Å²) in [7, 11) is 0. The highest BCUT2D eigenvalue weighted by Crippen LogP contribution is 2.41. The van der Waals surface area contributed by atoms with Gasteiger partial charge in [-0.25, -0.2) is 4.39 Å². The van der Waals surface area contributed by atoms with Crippen molar-refractivity contribution in [2.75, 3.05) is 5.32 Å². The Labute approximate surface area is 109 Å². The topological polar surface area (TPSA) is 59.8 Å². The Morgan fingerprint density at radius 2 is 1.90 bits per heavy atom. The van der Waals surface area contributed by atoms with Crippen molar-refractivity contribution in [1.29, 1.82) is 0 Å². The molecule has 2 aromatic rings. The van der Waals surface area contributed by atoms with Crippen LogP contribution in [0.2, 0.25) is 0 Å². The van der Waals surface area contributed by atoms with Crippen LogP contribution in [0.25, 0.3) is 5.69 Å². The fourth-order valence-electron chi connectivity index (χ4n) is 2.12. The molecular weight excluding hydrogens is 280 g/mol. The van der Waals surface area contributed by atoms with Gasteiger partial charge in [0.1, 0.15) is 11.5 Å². The first-order valence-corrected chi connectivity index (χ1v) is 5.47. The van der Waals surface area contributed by atoms with Gasteiger partial charge in [0.2, 0.25) is 5.91 Å². The number of amides is 1. The number of carbonyl (C=O) groups is 1. The van der Waals surface area contributed by atoms with Gasteiger partial charge in [-0.1, -0.05) is 0 Å². The van der Waals surface area contributed by atoms with Gasteiger partial charge in [-0.15, -0.1) is 0 Å². The number of fused-ring (bicyclic) bond motifs is 1. The summed E-state index contributed by atoms with van der Waals surface area (Å²) in [6.07, 6.45) is -2.75. The molecule has 0 aliphatic carbocycles. The number of halogens is 4. The van der Waals surface area contributed by atoms with E-state index in [1.54, 1.807) is 0 Å². The van der Waals surface area contributed by atoms with E-state index >= 15 is 0 Å². The highest BCUT2D eigenvalue weighted by atomic mass is 19.4. The van der Waals surface area contributed by atoms with Crippen LogP contribution in [0.3, 0.4) is 0 Å². The lowest BCUT2D eigenvalue weighted by molar-refractivity contribution is -0.137. The molecule has 0 atom stereocenters. The quantitative estimate of drug-likeness (QED) is 0.815. The minimum atomic E-state index is -4.79. The molecule has 1 N–H and O–H groups in total. The molecule has 0 fully saturated rings. The molecule has 2 heterocycles. The zero-order chi connectivity index (χ0) is 14.5. The number of rotatable bonds is 1. The first-order valence-electron chi connectivity index (χ1n) is 5.47. The van der Waals surface area contributed by atoms with Gasteiger partial charge in [-0.3, -0.25) is 4.79 Å². The van der Waals surface area contributed by atoms with E-state index in [4.69, 9.17) is 0 Å². The van der Waals surface area contributed by atoms with Crippen molar-refractivity contribution in [2.45, 2.75) is 12.6 Å². The van der Waals surface area contributed by atoms with Gasteiger partial charge < -0.3 is 5.32 Å². The third-order valence-electron chi connectivity index (χ3n) is 2.88. The van der Waals surface area contributed by atoms with Gasteiger partial charge >= 0.3 is 6.18 Å². The average Bonchev–Trinajstić information content (AvgIpc) is 2.96. The van der Waals surface area contributed by atoms with Crippen LogP contribution in [0.5, 0.6) is 0 Å². The first kappa shape index (κ1) is 12.6. The molecule has 0 unspecified atom stereocenters. The molecular formula is C11H6F4N4O. The molecule has 1 aliphatic heterocycles. The molecule has 104 valence electrons. The average molecular weight is 286 g/mol. The van der Waals surface area contributed by atoms with Crippen LogP contribution in [-0.4, -0.2) is 20.9 Å². The van der Waals surface area contributed by atoms with E-state index in [0.717, 1.165) is 4.80 Å². The Kier molecular flexibility index (Phi) is 2.53. The number of hydrogen-bond acceptors (Lipinski definition) is 3. The fourth-order valence-corrected chi connectivity index (χ4v) is 2.12. The molecule has 1 aromatic heterocycles. The number of alkyl halides is 3. The Morgan fingerprint density at radius 3 is 2.50 bits per heavy atom. The van der Waals surface area contributed by atoms with Crippen molar-refractivity contribution in [1.82, 2.24) is 15.0 Å². The Balaban J connectivity index is 2.35. The third-order valence-corrected chi connectivity index (χ3v) is 2.88. The van der Waals surface area contributed by atoms with Crippen LogP contribution < -0.4 is 5.32 Å². The van der Waals surface area contributed by atoms with Gasteiger partial charge in [0.25, 0.3) is 0 Å². The van der Waals surface area contributed by atoms with E-state index in [1.165, 1.54) is 12.4 Å². The Bertz CT molecular complexity index is 693. The summed E-state index contributed by atoms with van der Waals surface area (Å²) in [4.78, 5) is 12.1. The summed E-state index contributed by atoms with van der Waals surface area (Å²) >= 11 is 0. The van der Waals surface area contributed by atoms with E-state index in [9.17, 15) is 22.4 Å². The summed E-state index contributed by atoms with van der Waals surface area (Å²) in [5.74, 6) is -1.71. The summed E-state index contributed by atoms with van der Waals surface area (Å²) in [5.41, 5.74) is -2.01.